The van der Waals surface area contributed by atoms with E-state index in [1.54, 1.807) is 0 Å². The maximum atomic E-state index is 3.65. The molecule has 0 aromatic carbocycles. The second-order valence-electron chi connectivity index (χ2n) is 7.03. The minimum absolute atomic E-state index is 0.435. The van der Waals surface area contributed by atoms with Gasteiger partial charge in [-0.15, -0.1) is 0 Å². The first-order chi connectivity index (χ1) is 9.51. The highest BCUT2D eigenvalue weighted by Crippen LogP contribution is 2.26. The highest BCUT2D eigenvalue weighted by molar-refractivity contribution is 4.83. The number of hydrogen-bond acceptors (Lipinski definition) is 3. The molecule has 1 aliphatic heterocycles. The van der Waals surface area contributed by atoms with Crippen molar-refractivity contribution in [1.29, 1.82) is 0 Å². The average molecular weight is 284 g/mol. The van der Waals surface area contributed by atoms with E-state index in [-0.39, 0.29) is 0 Å². The number of nitrogens with one attached hydrogen (secondary N) is 1. The molecule has 0 atom stereocenters. The van der Waals surface area contributed by atoms with Crippen molar-refractivity contribution in [3.63, 3.8) is 0 Å². The maximum absolute atomic E-state index is 3.65. The van der Waals surface area contributed by atoms with Crippen LogP contribution in [0, 0.1) is 5.41 Å². The van der Waals surface area contributed by atoms with Crippen LogP contribution in [-0.4, -0.2) is 62.2 Å². The minimum Gasteiger partial charge on any atom is -0.314 e. The first-order valence-electron chi connectivity index (χ1n) is 8.65. The van der Waals surface area contributed by atoms with Crippen LogP contribution in [0.2, 0.25) is 0 Å². The molecule has 0 saturated carbocycles. The van der Waals surface area contributed by atoms with E-state index in [1.165, 1.54) is 58.4 Å². The van der Waals surface area contributed by atoms with Crippen LogP contribution in [0.4, 0.5) is 0 Å². The van der Waals surface area contributed by atoms with Gasteiger partial charge in [-0.25, -0.2) is 0 Å². The third-order valence-electron chi connectivity index (χ3n) is 4.99. The molecule has 1 heterocycles. The van der Waals surface area contributed by atoms with Crippen LogP contribution in [0.25, 0.3) is 0 Å². The van der Waals surface area contributed by atoms with Crippen LogP contribution in [0.3, 0.4) is 0 Å². The predicted octanol–water partition coefficient (Wildman–Crippen LogP) is 2.82. The molecule has 0 aromatic heterocycles. The number of hydrogen-bond donors (Lipinski definition) is 1. The molecule has 120 valence electrons. The monoisotopic (exact) mass is 283 g/mol. The van der Waals surface area contributed by atoms with Gasteiger partial charge in [0.25, 0.3) is 0 Å². The Morgan fingerprint density at radius 1 is 1.15 bits per heavy atom. The fraction of sp³-hybridized carbons (Fsp3) is 1.00. The molecule has 1 rings (SSSR count). The largest absolute Gasteiger partial charge is 0.314 e. The van der Waals surface area contributed by atoms with E-state index in [9.17, 15) is 0 Å². The predicted molar refractivity (Wildman–Crippen MR) is 89.3 cm³/mol. The van der Waals surface area contributed by atoms with E-state index in [0.29, 0.717) is 11.5 Å². The summed E-state index contributed by atoms with van der Waals surface area (Å²) in [6, 6.07) is 0.586. The van der Waals surface area contributed by atoms with Crippen LogP contribution in [0.15, 0.2) is 0 Å². The van der Waals surface area contributed by atoms with E-state index < -0.39 is 0 Å². The molecular formula is C17H37N3. The summed E-state index contributed by atoms with van der Waals surface area (Å²) < 4.78 is 0. The van der Waals surface area contributed by atoms with Crippen LogP contribution < -0.4 is 5.32 Å². The Labute approximate surface area is 127 Å². The van der Waals surface area contributed by atoms with Crippen molar-refractivity contribution in [3.8, 4) is 0 Å². The Balaban J connectivity index is 2.37. The molecule has 3 heteroatoms. The maximum Gasteiger partial charge on any atom is 0.0109 e. The molecule has 0 unspecified atom stereocenters. The Bertz CT molecular complexity index is 243. The van der Waals surface area contributed by atoms with Crippen molar-refractivity contribution >= 4 is 0 Å². The van der Waals surface area contributed by atoms with E-state index in [1.807, 2.05) is 0 Å². The fourth-order valence-corrected chi connectivity index (χ4v) is 3.17. The Morgan fingerprint density at radius 3 is 2.25 bits per heavy atom. The third-order valence-corrected chi connectivity index (χ3v) is 4.99. The summed E-state index contributed by atoms with van der Waals surface area (Å²) in [6.07, 6.45) is 5.32. The van der Waals surface area contributed by atoms with Gasteiger partial charge in [0.2, 0.25) is 0 Å². The lowest BCUT2D eigenvalue weighted by molar-refractivity contribution is 0.142. The van der Waals surface area contributed by atoms with E-state index in [2.05, 4.69) is 49.9 Å². The van der Waals surface area contributed by atoms with E-state index >= 15 is 0 Å². The van der Waals surface area contributed by atoms with Gasteiger partial charge in [-0.3, -0.25) is 0 Å². The number of likely N-dealkylation sites (tertiary alicyclic amines) is 1. The molecule has 0 aliphatic carbocycles. The van der Waals surface area contributed by atoms with Crippen molar-refractivity contribution < 1.29 is 0 Å². The van der Waals surface area contributed by atoms with Crippen LogP contribution in [0.1, 0.15) is 53.4 Å². The molecule has 0 aromatic rings. The lowest BCUT2D eigenvalue weighted by Crippen LogP contribution is -2.45. The highest BCUT2D eigenvalue weighted by atomic mass is 15.2. The Morgan fingerprint density at radius 2 is 1.75 bits per heavy atom. The van der Waals surface area contributed by atoms with Crippen molar-refractivity contribution in [2.75, 3.05) is 46.3 Å². The fourth-order valence-electron chi connectivity index (χ4n) is 3.17. The zero-order valence-electron chi connectivity index (χ0n) is 14.5. The molecule has 0 amide bonds. The molecule has 0 radical (unpaired) electrons. The smallest absolute Gasteiger partial charge is 0.0109 e. The highest BCUT2D eigenvalue weighted by Gasteiger charge is 2.27. The summed E-state index contributed by atoms with van der Waals surface area (Å²) in [5.41, 5.74) is 0.435. The summed E-state index contributed by atoms with van der Waals surface area (Å²) in [5.74, 6) is 0. The van der Waals surface area contributed by atoms with Crippen LogP contribution in [0.5, 0.6) is 0 Å². The van der Waals surface area contributed by atoms with Gasteiger partial charge in [0.15, 0.2) is 0 Å². The first kappa shape index (κ1) is 17.9. The lowest BCUT2D eigenvalue weighted by Gasteiger charge is -2.37. The Kier molecular flexibility index (Phi) is 8.08. The molecule has 0 bridgehead atoms. The molecule has 3 nitrogen and oxygen atoms in total. The topological polar surface area (TPSA) is 18.5 Å². The van der Waals surface area contributed by atoms with E-state index in [4.69, 9.17) is 0 Å². The number of likely N-dealkylation sites (N-methyl/N-ethyl adjacent to an activating group) is 1. The number of nitrogens with zero attached hydrogens (tertiary/aromatic N) is 2. The van der Waals surface area contributed by atoms with Crippen molar-refractivity contribution in [1.82, 2.24) is 15.1 Å². The quantitative estimate of drug-likeness (QED) is 0.665. The lowest BCUT2D eigenvalue weighted by atomic mass is 9.81. The van der Waals surface area contributed by atoms with Gasteiger partial charge in [0.05, 0.1) is 0 Å². The van der Waals surface area contributed by atoms with Gasteiger partial charge >= 0.3 is 0 Å². The summed E-state index contributed by atoms with van der Waals surface area (Å²) in [7, 11) is 2.30. The zero-order valence-corrected chi connectivity index (χ0v) is 14.5. The van der Waals surface area contributed by atoms with Crippen LogP contribution >= 0.6 is 0 Å². The number of rotatable bonds is 10. The molecular weight excluding hydrogens is 246 g/mol. The third kappa shape index (κ3) is 6.11. The standard InChI is InChI=1S/C17H37N3/c1-6-17(7-2,14-18-16(3)4)15-19(5)12-13-20-10-8-9-11-20/h16,18H,6-15H2,1-5H3. The van der Waals surface area contributed by atoms with E-state index in [0.717, 1.165) is 6.54 Å². The van der Waals surface area contributed by atoms with Gasteiger partial charge in [0, 0.05) is 32.2 Å². The van der Waals surface area contributed by atoms with Gasteiger partial charge in [-0.2, -0.15) is 0 Å². The van der Waals surface area contributed by atoms with Crippen LogP contribution in [-0.2, 0) is 0 Å². The zero-order chi connectivity index (χ0) is 15.0. The molecule has 0 spiro atoms. The second-order valence-corrected chi connectivity index (χ2v) is 7.03. The molecule has 20 heavy (non-hydrogen) atoms. The molecule has 1 N–H and O–H groups in total. The summed E-state index contributed by atoms with van der Waals surface area (Å²) in [5, 5.41) is 3.65. The van der Waals surface area contributed by atoms with Gasteiger partial charge in [0.1, 0.15) is 0 Å². The average Bonchev–Trinajstić information content (AvgIpc) is 2.94. The molecule has 1 aliphatic rings. The first-order valence-corrected chi connectivity index (χ1v) is 8.65. The van der Waals surface area contributed by atoms with Gasteiger partial charge < -0.3 is 15.1 Å². The van der Waals surface area contributed by atoms with Crippen molar-refractivity contribution in [2.24, 2.45) is 5.41 Å². The van der Waals surface area contributed by atoms with Crippen molar-refractivity contribution in [3.05, 3.63) is 0 Å². The summed E-state index contributed by atoms with van der Waals surface area (Å²) in [4.78, 5) is 5.16. The normalized spacial score (nSPS) is 17.6. The SMILES string of the molecule is CCC(CC)(CNC(C)C)CN(C)CCN1CCCC1. The second kappa shape index (κ2) is 9.01. The summed E-state index contributed by atoms with van der Waals surface area (Å²) >= 11 is 0. The summed E-state index contributed by atoms with van der Waals surface area (Å²) in [6.45, 7) is 16.6. The molecule has 1 fully saturated rings. The molecule has 1 saturated heterocycles. The Hall–Kier alpha value is -0.120. The van der Waals surface area contributed by atoms with Gasteiger partial charge in [-0.05, 0) is 51.2 Å². The van der Waals surface area contributed by atoms with Gasteiger partial charge in [-0.1, -0.05) is 27.7 Å². The minimum atomic E-state index is 0.435. The van der Waals surface area contributed by atoms with Crippen molar-refractivity contribution in [2.45, 2.75) is 59.4 Å².